The molecule has 0 aliphatic carbocycles. The summed E-state index contributed by atoms with van der Waals surface area (Å²) in [7, 11) is 2.03. The van der Waals surface area contributed by atoms with Gasteiger partial charge < -0.3 is 20.3 Å². The van der Waals surface area contributed by atoms with E-state index in [2.05, 4.69) is 27.7 Å². The van der Waals surface area contributed by atoms with Crippen LogP contribution in [0.3, 0.4) is 0 Å². The highest BCUT2D eigenvalue weighted by Gasteiger charge is 2.19. The van der Waals surface area contributed by atoms with Crippen molar-refractivity contribution in [1.82, 2.24) is 10.6 Å². The second kappa shape index (κ2) is 10.0. The number of carbonyl (C=O) groups excluding carboxylic acids is 2. The average molecular weight is 380 g/mol. The Labute approximate surface area is 167 Å². The second-order valence-electron chi connectivity index (χ2n) is 7.32. The van der Waals surface area contributed by atoms with Gasteiger partial charge in [-0.25, -0.2) is 0 Å². The minimum absolute atomic E-state index is 0.00718. The number of unbranched alkanes of at least 4 members (excludes halogenated alkanes) is 1. The lowest BCUT2D eigenvalue weighted by Crippen LogP contribution is -2.42. The van der Waals surface area contributed by atoms with Gasteiger partial charge in [0.2, 0.25) is 0 Å². The maximum absolute atomic E-state index is 12.9. The molecular weight excluding hydrogens is 350 g/mol. The molecule has 1 heterocycles. The summed E-state index contributed by atoms with van der Waals surface area (Å²) in [5.41, 5.74) is 3.76. The van der Waals surface area contributed by atoms with E-state index < -0.39 is 0 Å². The van der Waals surface area contributed by atoms with Crippen molar-refractivity contribution in [3.8, 4) is 11.1 Å². The first-order chi connectivity index (χ1) is 13.7. The SMILES string of the molecule is CN(CCCC=O)c1cccc(-c2ccccc2C(=O)NC2CCNCC2)c1. The molecule has 2 aromatic carbocycles. The van der Waals surface area contributed by atoms with E-state index in [1.54, 1.807) is 0 Å². The van der Waals surface area contributed by atoms with Gasteiger partial charge in [0.25, 0.3) is 5.91 Å². The predicted octanol–water partition coefficient (Wildman–Crippen LogP) is 3.25. The van der Waals surface area contributed by atoms with Gasteiger partial charge in [0.1, 0.15) is 6.29 Å². The van der Waals surface area contributed by atoms with Gasteiger partial charge in [0, 0.05) is 37.3 Å². The third-order valence-electron chi connectivity index (χ3n) is 5.26. The van der Waals surface area contributed by atoms with Crippen molar-refractivity contribution in [2.45, 2.75) is 31.7 Å². The van der Waals surface area contributed by atoms with E-state index in [1.807, 2.05) is 43.4 Å². The smallest absolute Gasteiger partial charge is 0.252 e. The van der Waals surface area contributed by atoms with Crippen molar-refractivity contribution in [3.05, 3.63) is 54.1 Å². The summed E-state index contributed by atoms with van der Waals surface area (Å²) in [5, 5.41) is 6.52. The Morgan fingerprint density at radius 2 is 1.96 bits per heavy atom. The molecule has 0 radical (unpaired) electrons. The number of aldehydes is 1. The average Bonchev–Trinajstić information content (AvgIpc) is 2.74. The van der Waals surface area contributed by atoms with Crippen LogP contribution < -0.4 is 15.5 Å². The largest absolute Gasteiger partial charge is 0.375 e. The van der Waals surface area contributed by atoms with Crippen LogP contribution in [0.15, 0.2) is 48.5 Å². The van der Waals surface area contributed by atoms with Crippen molar-refractivity contribution in [1.29, 1.82) is 0 Å². The number of anilines is 1. The number of hydrogen-bond donors (Lipinski definition) is 2. The number of amides is 1. The second-order valence-corrected chi connectivity index (χ2v) is 7.32. The van der Waals surface area contributed by atoms with Crippen molar-refractivity contribution in [2.75, 3.05) is 31.6 Å². The zero-order valence-electron chi connectivity index (χ0n) is 16.5. The molecule has 1 saturated heterocycles. The first-order valence-electron chi connectivity index (χ1n) is 10.0. The van der Waals surface area contributed by atoms with Gasteiger partial charge >= 0.3 is 0 Å². The van der Waals surface area contributed by atoms with Gasteiger partial charge in [-0.15, -0.1) is 0 Å². The quantitative estimate of drug-likeness (QED) is 0.546. The highest BCUT2D eigenvalue weighted by atomic mass is 16.1. The fraction of sp³-hybridized carbons (Fsp3) is 0.391. The van der Waals surface area contributed by atoms with Crippen LogP contribution in [0.4, 0.5) is 5.69 Å². The molecule has 28 heavy (non-hydrogen) atoms. The monoisotopic (exact) mass is 379 g/mol. The number of nitrogens with one attached hydrogen (secondary N) is 2. The third-order valence-corrected chi connectivity index (χ3v) is 5.26. The Hall–Kier alpha value is -2.66. The molecule has 1 aliphatic rings. The molecule has 0 bridgehead atoms. The molecule has 0 atom stereocenters. The molecule has 0 spiro atoms. The van der Waals surface area contributed by atoms with Crippen LogP contribution in [0.5, 0.6) is 0 Å². The first kappa shape index (κ1) is 20.1. The van der Waals surface area contributed by atoms with Crippen molar-refractivity contribution in [3.63, 3.8) is 0 Å². The molecule has 5 nitrogen and oxygen atoms in total. The van der Waals surface area contributed by atoms with E-state index >= 15 is 0 Å². The Morgan fingerprint density at radius 3 is 2.75 bits per heavy atom. The number of piperidine rings is 1. The Kier molecular flexibility index (Phi) is 7.20. The van der Waals surface area contributed by atoms with E-state index in [1.165, 1.54) is 0 Å². The fourth-order valence-corrected chi connectivity index (χ4v) is 3.61. The predicted molar refractivity (Wildman–Crippen MR) is 114 cm³/mol. The van der Waals surface area contributed by atoms with Crippen LogP contribution >= 0.6 is 0 Å². The summed E-state index contributed by atoms with van der Waals surface area (Å²) in [4.78, 5) is 25.6. The van der Waals surface area contributed by atoms with Crippen molar-refractivity contribution in [2.24, 2.45) is 0 Å². The highest BCUT2D eigenvalue weighted by molar-refractivity contribution is 6.01. The summed E-state index contributed by atoms with van der Waals surface area (Å²) in [6, 6.07) is 16.2. The lowest BCUT2D eigenvalue weighted by atomic mass is 9.97. The molecule has 2 N–H and O–H groups in total. The lowest BCUT2D eigenvalue weighted by Gasteiger charge is -2.24. The van der Waals surface area contributed by atoms with E-state index in [9.17, 15) is 9.59 Å². The Balaban J connectivity index is 1.79. The third kappa shape index (κ3) is 5.20. The molecule has 2 aromatic rings. The van der Waals surface area contributed by atoms with Gasteiger partial charge in [0.15, 0.2) is 0 Å². The van der Waals surface area contributed by atoms with Crippen LogP contribution in [-0.2, 0) is 4.79 Å². The zero-order chi connectivity index (χ0) is 19.8. The number of nitrogens with zero attached hydrogens (tertiary/aromatic N) is 1. The number of benzene rings is 2. The van der Waals surface area contributed by atoms with E-state index in [-0.39, 0.29) is 11.9 Å². The van der Waals surface area contributed by atoms with Crippen LogP contribution in [0.2, 0.25) is 0 Å². The van der Waals surface area contributed by atoms with Crippen LogP contribution in [-0.4, -0.2) is 44.9 Å². The topological polar surface area (TPSA) is 61.4 Å². The molecule has 5 heteroatoms. The Morgan fingerprint density at radius 1 is 1.18 bits per heavy atom. The van der Waals surface area contributed by atoms with Crippen molar-refractivity contribution >= 4 is 17.9 Å². The zero-order valence-corrected chi connectivity index (χ0v) is 16.5. The maximum Gasteiger partial charge on any atom is 0.252 e. The number of rotatable bonds is 8. The fourth-order valence-electron chi connectivity index (χ4n) is 3.61. The van der Waals surface area contributed by atoms with Gasteiger partial charge in [0.05, 0.1) is 0 Å². The Bertz CT molecular complexity index is 800. The van der Waals surface area contributed by atoms with Crippen LogP contribution in [0, 0.1) is 0 Å². The summed E-state index contributed by atoms with van der Waals surface area (Å²) < 4.78 is 0. The van der Waals surface area contributed by atoms with E-state index in [0.29, 0.717) is 12.0 Å². The maximum atomic E-state index is 12.9. The van der Waals surface area contributed by atoms with E-state index in [0.717, 1.165) is 62.0 Å². The van der Waals surface area contributed by atoms with Gasteiger partial charge in [-0.1, -0.05) is 30.3 Å². The number of carbonyl (C=O) groups is 2. The van der Waals surface area contributed by atoms with Crippen LogP contribution in [0.1, 0.15) is 36.0 Å². The minimum atomic E-state index is -0.00718. The molecule has 3 rings (SSSR count). The minimum Gasteiger partial charge on any atom is -0.375 e. The summed E-state index contributed by atoms with van der Waals surface area (Å²) >= 11 is 0. The molecule has 0 aromatic heterocycles. The molecule has 1 amide bonds. The van der Waals surface area contributed by atoms with Crippen LogP contribution in [0.25, 0.3) is 11.1 Å². The van der Waals surface area contributed by atoms with Gasteiger partial charge in [-0.3, -0.25) is 4.79 Å². The molecule has 148 valence electrons. The first-order valence-corrected chi connectivity index (χ1v) is 10.0. The van der Waals surface area contributed by atoms with E-state index in [4.69, 9.17) is 0 Å². The number of hydrogen-bond acceptors (Lipinski definition) is 4. The molecule has 1 fully saturated rings. The summed E-state index contributed by atoms with van der Waals surface area (Å²) in [5.74, 6) is -0.00718. The van der Waals surface area contributed by atoms with Gasteiger partial charge in [-0.05, 0) is 61.7 Å². The normalized spacial score (nSPS) is 14.5. The standard InChI is InChI=1S/C23H29N3O2/c1-26(15-4-5-16-27)20-8-6-7-18(17-20)21-9-2-3-10-22(21)23(28)25-19-11-13-24-14-12-19/h2-3,6-10,16-17,19,24H,4-5,11-15H2,1H3,(H,25,28). The molecule has 1 aliphatic heterocycles. The molecule has 0 saturated carbocycles. The van der Waals surface area contributed by atoms with Crippen molar-refractivity contribution < 1.29 is 9.59 Å². The molecule has 0 unspecified atom stereocenters. The summed E-state index contributed by atoms with van der Waals surface area (Å²) in [6.07, 6.45) is 4.30. The van der Waals surface area contributed by atoms with Gasteiger partial charge in [-0.2, -0.15) is 0 Å². The molecular formula is C23H29N3O2. The lowest BCUT2D eigenvalue weighted by molar-refractivity contribution is -0.107. The highest BCUT2D eigenvalue weighted by Crippen LogP contribution is 2.27. The summed E-state index contributed by atoms with van der Waals surface area (Å²) in [6.45, 7) is 2.72.